The van der Waals surface area contributed by atoms with Crippen molar-refractivity contribution in [2.45, 2.75) is 58.8 Å². The molecule has 3 aromatic rings. The molecule has 35 heavy (non-hydrogen) atoms. The van der Waals surface area contributed by atoms with Crippen LogP contribution in [0, 0.1) is 5.92 Å². The van der Waals surface area contributed by atoms with Gasteiger partial charge in [-0.3, -0.25) is 0 Å². The quantitative estimate of drug-likeness (QED) is 0.102. The highest BCUT2D eigenvalue weighted by molar-refractivity contribution is 5.91. The van der Waals surface area contributed by atoms with Crippen LogP contribution in [0.3, 0.4) is 0 Å². The Morgan fingerprint density at radius 1 is 0.857 bits per heavy atom. The van der Waals surface area contributed by atoms with Crippen molar-refractivity contribution in [3.63, 3.8) is 0 Å². The van der Waals surface area contributed by atoms with Gasteiger partial charge in [-0.25, -0.2) is 4.79 Å². The van der Waals surface area contributed by atoms with Crippen LogP contribution >= 0.6 is 0 Å². The lowest BCUT2D eigenvalue weighted by molar-refractivity contribution is 0.0734. The fourth-order valence-corrected chi connectivity index (χ4v) is 3.81. The summed E-state index contributed by atoms with van der Waals surface area (Å²) in [5, 5.41) is 0. The predicted octanol–water partition coefficient (Wildman–Crippen LogP) is 8.68. The number of benzene rings is 3. The average molecular weight is 471 g/mol. The van der Waals surface area contributed by atoms with Gasteiger partial charge in [-0.15, -0.1) is 6.58 Å². The van der Waals surface area contributed by atoms with Crippen molar-refractivity contribution in [3.8, 4) is 22.6 Å². The van der Waals surface area contributed by atoms with Crippen molar-refractivity contribution in [2.75, 3.05) is 6.61 Å². The third kappa shape index (κ3) is 8.75. The van der Waals surface area contributed by atoms with Crippen LogP contribution in [-0.4, -0.2) is 12.6 Å². The Morgan fingerprint density at radius 3 is 2.11 bits per heavy atom. The van der Waals surface area contributed by atoms with E-state index in [0.29, 0.717) is 17.9 Å². The van der Waals surface area contributed by atoms with Crippen LogP contribution in [0.15, 0.2) is 85.5 Å². The zero-order chi connectivity index (χ0) is 24.9. The first-order valence-corrected chi connectivity index (χ1v) is 12.8. The standard InChI is InChI=1S/C32H38O3/c1-4-6-7-8-9-24-34-30-20-22-31(23-21-30)35-32(33)29-18-16-28(17-19-29)27-14-12-26(13-15-27)11-10-25(3)5-2/h4,12-23,25H,1,5-11,24H2,2-3H3. The van der Waals surface area contributed by atoms with Gasteiger partial charge in [-0.1, -0.05) is 62.7 Å². The molecule has 0 radical (unpaired) electrons. The molecule has 0 N–H and O–H groups in total. The lowest BCUT2D eigenvalue weighted by Gasteiger charge is -2.09. The summed E-state index contributed by atoms with van der Waals surface area (Å²) in [6, 6.07) is 23.5. The van der Waals surface area contributed by atoms with Crippen molar-refractivity contribution < 1.29 is 14.3 Å². The van der Waals surface area contributed by atoms with Crippen LogP contribution in [0.4, 0.5) is 0 Å². The van der Waals surface area contributed by atoms with Crippen LogP contribution in [-0.2, 0) is 6.42 Å². The van der Waals surface area contributed by atoms with Crippen molar-refractivity contribution in [1.29, 1.82) is 0 Å². The number of carbonyl (C=O) groups is 1. The lowest BCUT2D eigenvalue weighted by Crippen LogP contribution is -2.08. The molecule has 184 valence electrons. The summed E-state index contributed by atoms with van der Waals surface area (Å²) in [5.74, 6) is 1.68. The number of hydrogen-bond donors (Lipinski definition) is 0. The van der Waals surface area contributed by atoms with E-state index in [9.17, 15) is 4.79 Å². The highest BCUT2D eigenvalue weighted by atomic mass is 16.5. The number of ether oxygens (including phenoxy) is 2. The second kappa shape index (κ2) is 14.2. The smallest absolute Gasteiger partial charge is 0.343 e. The minimum absolute atomic E-state index is 0.368. The van der Waals surface area contributed by atoms with Crippen LogP contribution in [0.25, 0.3) is 11.1 Å². The molecule has 1 atom stereocenters. The summed E-state index contributed by atoms with van der Waals surface area (Å²) in [5.41, 5.74) is 4.13. The number of esters is 1. The number of hydrogen-bond acceptors (Lipinski definition) is 3. The van der Waals surface area contributed by atoms with E-state index in [1.807, 2.05) is 42.5 Å². The lowest BCUT2D eigenvalue weighted by atomic mass is 9.97. The van der Waals surface area contributed by atoms with Gasteiger partial charge >= 0.3 is 5.97 Å². The van der Waals surface area contributed by atoms with Gasteiger partial charge in [0.1, 0.15) is 11.5 Å². The van der Waals surface area contributed by atoms with Crippen molar-refractivity contribution in [3.05, 3.63) is 96.6 Å². The molecule has 0 amide bonds. The molecule has 3 rings (SSSR count). The van der Waals surface area contributed by atoms with Crippen molar-refractivity contribution >= 4 is 5.97 Å². The maximum absolute atomic E-state index is 12.6. The van der Waals surface area contributed by atoms with E-state index in [1.54, 1.807) is 12.1 Å². The largest absolute Gasteiger partial charge is 0.494 e. The highest BCUT2D eigenvalue weighted by Crippen LogP contribution is 2.23. The molecule has 0 fully saturated rings. The van der Waals surface area contributed by atoms with E-state index in [0.717, 1.165) is 54.9 Å². The molecular weight excluding hydrogens is 432 g/mol. The Hall–Kier alpha value is -3.33. The van der Waals surface area contributed by atoms with E-state index < -0.39 is 0 Å². The second-order valence-electron chi connectivity index (χ2n) is 9.17. The summed E-state index contributed by atoms with van der Waals surface area (Å²) in [6.07, 6.45) is 9.85. The molecule has 0 aliphatic heterocycles. The highest BCUT2D eigenvalue weighted by Gasteiger charge is 2.10. The fourth-order valence-electron chi connectivity index (χ4n) is 3.81. The minimum atomic E-state index is -0.368. The molecule has 1 unspecified atom stereocenters. The van der Waals surface area contributed by atoms with Gasteiger partial charge in [0.25, 0.3) is 0 Å². The summed E-state index contributed by atoms with van der Waals surface area (Å²) in [4.78, 5) is 12.6. The topological polar surface area (TPSA) is 35.5 Å². The molecule has 0 saturated heterocycles. The summed E-state index contributed by atoms with van der Waals surface area (Å²) < 4.78 is 11.3. The van der Waals surface area contributed by atoms with Crippen LogP contribution in [0.5, 0.6) is 11.5 Å². The monoisotopic (exact) mass is 470 g/mol. The van der Waals surface area contributed by atoms with Gasteiger partial charge < -0.3 is 9.47 Å². The fraction of sp³-hybridized carbons (Fsp3) is 0.344. The summed E-state index contributed by atoms with van der Waals surface area (Å²) in [7, 11) is 0. The maximum Gasteiger partial charge on any atom is 0.343 e. The second-order valence-corrected chi connectivity index (χ2v) is 9.17. The number of allylic oxidation sites excluding steroid dienone is 1. The molecule has 0 aromatic heterocycles. The average Bonchev–Trinajstić information content (AvgIpc) is 2.90. The molecule has 0 bridgehead atoms. The zero-order valence-corrected chi connectivity index (χ0v) is 21.2. The van der Waals surface area contributed by atoms with Gasteiger partial charge in [-0.05, 0) is 97.5 Å². The molecule has 0 spiro atoms. The van der Waals surface area contributed by atoms with Gasteiger partial charge in [0.15, 0.2) is 0 Å². The zero-order valence-electron chi connectivity index (χ0n) is 21.2. The molecule has 0 aliphatic rings. The summed E-state index contributed by atoms with van der Waals surface area (Å²) >= 11 is 0. The van der Waals surface area contributed by atoms with E-state index in [2.05, 4.69) is 44.7 Å². The third-order valence-electron chi connectivity index (χ3n) is 6.39. The molecule has 3 nitrogen and oxygen atoms in total. The van der Waals surface area contributed by atoms with E-state index in [4.69, 9.17) is 9.47 Å². The number of carbonyl (C=O) groups excluding carboxylic acids is 1. The Bertz CT molecular complexity index is 1030. The first-order chi connectivity index (χ1) is 17.1. The van der Waals surface area contributed by atoms with Crippen LogP contribution < -0.4 is 9.47 Å². The Labute approximate surface area is 210 Å². The summed E-state index contributed by atoms with van der Waals surface area (Å²) in [6.45, 7) is 8.97. The van der Waals surface area contributed by atoms with Crippen molar-refractivity contribution in [1.82, 2.24) is 0 Å². The molecule has 0 aliphatic carbocycles. The molecule has 3 heteroatoms. The van der Waals surface area contributed by atoms with E-state index >= 15 is 0 Å². The predicted molar refractivity (Wildman–Crippen MR) is 145 cm³/mol. The van der Waals surface area contributed by atoms with Crippen molar-refractivity contribution in [2.24, 2.45) is 5.92 Å². The van der Waals surface area contributed by atoms with Crippen LogP contribution in [0.2, 0.25) is 0 Å². The first-order valence-electron chi connectivity index (χ1n) is 12.8. The van der Waals surface area contributed by atoms with Crippen LogP contribution in [0.1, 0.15) is 68.3 Å². The number of unbranched alkanes of at least 4 members (excludes halogenated alkanes) is 3. The Morgan fingerprint density at radius 2 is 1.49 bits per heavy atom. The SMILES string of the molecule is C=CCCCCCOc1ccc(OC(=O)c2ccc(-c3ccc(CCC(C)CC)cc3)cc2)cc1. The van der Waals surface area contributed by atoms with E-state index in [-0.39, 0.29) is 5.97 Å². The van der Waals surface area contributed by atoms with E-state index in [1.165, 1.54) is 18.4 Å². The Kier molecular flexibility index (Phi) is 10.6. The Balaban J connectivity index is 1.48. The normalized spacial score (nSPS) is 11.6. The molecule has 0 saturated carbocycles. The van der Waals surface area contributed by atoms with Gasteiger partial charge in [0, 0.05) is 0 Å². The minimum Gasteiger partial charge on any atom is -0.494 e. The molecular formula is C32H38O3. The van der Waals surface area contributed by atoms with Gasteiger partial charge in [0.2, 0.25) is 0 Å². The number of rotatable bonds is 14. The first kappa shape index (κ1) is 26.3. The maximum atomic E-state index is 12.6. The van der Waals surface area contributed by atoms with Gasteiger partial charge in [-0.2, -0.15) is 0 Å². The number of aryl methyl sites for hydroxylation is 1. The molecule has 0 heterocycles. The molecule has 3 aromatic carbocycles. The third-order valence-corrected chi connectivity index (χ3v) is 6.39. The van der Waals surface area contributed by atoms with Gasteiger partial charge in [0.05, 0.1) is 12.2 Å².